The van der Waals surface area contributed by atoms with Crippen LogP contribution >= 0.6 is 0 Å². The predicted molar refractivity (Wildman–Crippen MR) is 78.9 cm³/mol. The number of rotatable bonds is 6. The first-order valence-electron chi connectivity index (χ1n) is 7.62. The van der Waals surface area contributed by atoms with E-state index < -0.39 is 0 Å². The van der Waals surface area contributed by atoms with Crippen LogP contribution in [0, 0.1) is 16.7 Å². The van der Waals surface area contributed by atoms with Gasteiger partial charge in [-0.3, -0.25) is 0 Å². The van der Waals surface area contributed by atoms with Gasteiger partial charge in [-0.2, -0.15) is 0 Å². The molecule has 0 aliphatic carbocycles. The predicted octanol–water partition coefficient (Wildman–Crippen LogP) is 3.86. The fourth-order valence-electron chi connectivity index (χ4n) is 2.59. The van der Waals surface area contributed by atoms with Crippen LogP contribution < -0.4 is 5.32 Å². The summed E-state index contributed by atoms with van der Waals surface area (Å²) in [5, 5.41) is 3.68. The Bertz CT molecular complexity index is 224. The smallest absolute Gasteiger partial charge is 0.0471 e. The standard InChI is InChI=1S/C16H33NO/c1-14(2)12-17-13-16(7-6-15(3,4)5)8-10-18-11-9-16/h14,17H,6-13H2,1-5H3. The second kappa shape index (κ2) is 6.91. The first kappa shape index (κ1) is 16.0. The third-order valence-corrected chi connectivity index (χ3v) is 4.01. The lowest BCUT2D eigenvalue weighted by Crippen LogP contribution is -2.40. The minimum atomic E-state index is 0.448. The third kappa shape index (κ3) is 6.19. The molecule has 0 bridgehead atoms. The summed E-state index contributed by atoms with van der Waals surface area (Å²) in [4.78, 5) is 0. The minimum Gasteiger partial charge on any atom is -0.381 e. The molecule has 2 heteroatoms. The van der Waals surface area contributed by atoms with E-state index in [4.69, 9.17) is 4.74 Å². The molecule has 0 aromatic heterocycles. The molecule has 0 saturated carbocycles. The van der Waals surface area contributed by atoms with Gasteiger partial charge >= 0.3 is 0 Å². The van der Waals surface area contributed by atoms with Crippen LogP contribution in [0.2, 0.25) is 0 Å². The second-order valence-corrected chi connectivity index (χ2v) is 7.70. The van der Waals surface area contributed by atoms with E-state index in [1.807, 2.05) is 0 Å². The third-order valence-electron chi connectivity index (χ3n) is 4.01. The van der Waals surface area contributed by atoms with Crippen molar-refractivity contribution < 1.29 is 4.74 Å². The summed E-state index contributed by atoms with van der Waals surface area (Å²) in [6, 6.07) is 0. The zero-order valence-corrected chi connectivity index (χ0v) is 13.1. The van der Waals surface area contributed by atoms with Gasteiger partial charge in [0.25, 0.3) is 0 Å². The zero-order valence-electron chi connectivity index (χ0n) is 13.1. The van der Waals surface area contributed by atoms with Crippen LogP contribution in [0.3, 0.4) is 0 Å². The molecule has 0 amide bonds. The second-order valence-electron chi connectivity index (χ2n) is 7.70. The van der Waals surface area contributed by atoms with Crippen molar-refractivity contribution in [1.82, 2.24) is 5.32 Å². The lowest BCUT2D eigenvalue weighted by Gasteiger charge is -2.39. The summed E-state index contributed by atoms with van der Waals surface area (Å²) in [5.41, 5.74) is 0.934. The molecular formula is C16H33NO. The maximum atomic E-state index is 5.56. The van der Waals surface area contributed by atoms with Gasteiger partial charge in [-0.1, -0.05) is 34.6 Å². The van der Waals surface area contributed by atoms with Gasteiger partial charge in [-0.05, 0) is 49.0 Å². The van der Waals surface area contributed by atoms with Gasteiger partial charge in [-0.25, -0.2) is 0 Å². The number of hydrogen-bond donors (Lipinski definition) is 1. The zero-order chi connectivity index (χ0) is 13.6. The Morgan fingerprint density at radius 3 is 2.28 bits per heavy atom. The van der Waals surface area contributed by atoms with E-state index >= 15 is 0 Å². The lowest BCUT2D eigenvalue weighted by molar-refractivity contribution is 0.00498. The van der Waals surface area contributed by atoms with Crippen molar-refractivity contribution in [2.75, 3.05) is 26.3 Å². The topological polar surface area (TPSA) is 21.3 Å². The highest BCUT2D eigenvalue weighted by atomic mass is 16.5. The Kier molecular flexibility index (Phi) is 6.13. The first-order chi connectivity index (χ1) is 8.33. The van der Waals surface area contributed by atoms with Crippen LogP contribution in [-0.4, -0.2) is 26.3 Å². The molecule has 108 valence electrons. The molecule has 1 heterocycles. The Morgan fingerprint density at radius 1 is 1.17 bits per heavy atom. The van der Waals surface area contributed by atoms with Crippen molar-refractivity contribution in [3.8, 4) is 0 Å². The van der Waals surface area contributed by atoms with E-state index in [0.29, 0.717) is 10.8 Å². The summed E-state index contributed by atoms with van der Waals surface area (Å²) in [5.74, 6) is 0.740. The summed E-state index contributed by atoms with van der Waals surface area (Å²) in [7, 11) is 0. The van der Waals surface area contributed by atoms with Crippen molar-refractivity contribution in [2.24, 2.45) is 16.7 Å². The SMILES string of the molecule is CC(C)CNCC1(CCC(C)(C)C)CCOCC1. The molecular weight excluding hydrogens is 222 g/mol. The van der Waals surface area contributed by atoms with Crippen LogP contribution in [0.15, 0.2) is 0 Å². The maximum absolute atomic E-state index is 5.56. The molecule has 1 saturated heterocycles. The van der Waals surface area contributed by atoms with Crippen molar-refractivity contribution >= 4 is 0 Å². The van der Waals surface area contributed by atoms with Gasteiger partial charge in [0, 0.05) is 19.8 Å². The van der Waals surface area contributed by atoms with Crippen molar-refractivity contribution in [3.63, 3.8) is 0 Å². The van der Waals surface area contributed by atoms with Crippen molar-refractivity contribution in [2.45, 2.75) is 60.3 Å². The van der Waals surface area contributed by atoms with Crippen LogP contribution in [0.5, 0.6) is 0 Å². The molecule has 0 atom stereocenters. The Hall–Kier alpha value is -0.0800. The molecule has 1 aliphatic heterocycles. The summed E-state index contributed by atoms with van der Waals surface area (Å²) in [6.07, 6.45) is 5.11. The van der Waals surface area contributed by atoms with Crippen molar-refractivity contribution in [1.29, 1.82) is 0 Å². The monoisotopic (exact) mass is 255 g/mol. The van der Waals surface area contributed by atoms with E-state index in [1.165, 1.54) is 32.2 Å². The van der Waals surface area contributed by atoms with E-state index in [-0.39, 0.29) is 0 Å². The lowest BCUT2D eigenvalue weighted by atomic mass is 9.72. The number of hydrogen-bond acceptors (Lipinski definition) is 2. The first-order valence-corrected chi connectivity index (χ1v) is 7.62. The summed E-state index contributed by atoms with van der Waals surface area (Å²) >= 11 is 0. The van der Waals surface area contributed by atoms with E-state index in [2.05, 4.69) is 39.9 Å². The Labute approximate surface area is 114 Å². The highest BCUT2D eigenvalue weighted by Crippen LogP contribution is 2.38. The normalized spacial score (nSPS) is 20.3. The van der Waals surface area contributed by atoms with E-state index in [1.54, 1.807) is 0 Å². The summed E-state index contributed by atoms with van der Waals surface area (Å²) in [6.45, 7) is 15.8. The van der Waals surface area contributed by atoms with Crippen LogP contribution in [0.4, 0.5) is 0 Å². The summed E-state index contributed by atoms with van der Waals surface area (Å²) < 4.78 is 5.56. The molecule has 1 fully saturated rings. The number of nitrogens with one attached hydrogen (secondary N) is 1. The molecule has 0 spiro atoms. The van der Waals surface area contributed by atoms with Crippen LogP contribution in [-0.2, 0) is 4.74 Å². The fourth-order valence-corrected chi connectivity index (χ4v) is 2.59. The Balaban J connectivity index is 2.46. The highest BCUT2D eigenvalue weighted by molar-refractivity contribution is 4.85. The molecule has 0 unspecified atom stereocenters. The van der Waals surface area contributed by atoms with Gasteiger partial charge in [0.15, 0.2) is 0 Å². The average molecular weight is 255 g/mol. The van der Waals surface area contributed by atoms with E-state index in [0.717, 1.165) is 25.7 Å². The van der Waals surface area contributed by atoms with Gasteiger partial charge in [0.05, 0.1) is 0 Å². The minimum absolute atomic E-state index is 0.448. The largest absolute Gasteiger partial charge is 0.381 e. The van der Waals surface area contributed by atoms with Crippen LogP contribution in [0.25, 0.3) is 0 Å². The molecule has 0 aromatic rings. The molecule has 0 radical (unpaired) electrons. The van der Waals surface area contributed by atoms with Gasteiger partial charge < -0.3 is 10.1 Å². The molecule has 0 aromatic carbocycles. The number of ether oxygens (including phenoxy) is 1. The van der Waals surface area contributed by atoms with Gasteiger partial charge in [0.1, 0.15) is 0 Å². The fraction of sp³-hybridized carbons (Fsp3) is 1.00. The maximum Gasteiger partial charge on any atom is 0.0471 e. The van der Waals surface area contributed by atoms with E-state index in [9.17, 15) is 0 Å². The quantitative estimate of drug-likeness (QED) is 0.778. The molecule has 1 rings (SSSR count). The highest BCUT2D eigenvalue weighted by Gasteiger charge is 2.33. The van der Waals surface area contributed by atoms with Gasteiger partial charge in [-0.15, -0.1) is 0 Å². The molecule has 1 aliphatic rings. The Morgan fingerprint density at radius 2 is 1.78 bits per heavy atom. The van der Waals surface area contributed by atoms with Crippen LogP contribution in [0.1, 0.15) is 60.3 Å². The van der Waals surface area contributed by atoms with Gasteiger partial charge in [0.2, 0.25) is 0 Å². The molecule has 1 N–H and O–H groups in total. The average Bonchev–Trinajstić information content (AvgIpc) is 2.27. The molecule has 2 nitrogen and oxygen atoms in total. The van der Waals surface area contributed by atoms with Crippen molar-refractivity contribution in [3.05, 3.63) is 0 Å². The molecule has 18 heavy (non-hydrogen) atoms.